The van der Waals surface area contributed by atoms with Crippen LogP contribution in [-0.4, -0.2) is 51.2 Å². The van der Waals surface area contributed by atoms with E-state index in [1.165, 1.54) is 26.2 Å². The maximum Gasteiger partial charge on any atom is 0.333 e. The van der Waals surface area contributed by atoms with E-state index in [0.29, 0.717) is 11.1 Å². The number of likely N-dealkylation sites (N-methyl/N-ethyl adjacent to an activating group) is 2. The minimum absolute atomic E-state index is 0.0135. The average Bonchev–Trinajstić information content (AvgIpc) is 3.11. The summed E-state index contributed by atoms with van der Waals surface area (Å²) in [5, 5.41) is 12.2. The number of imide groups is 2. The van der Waals surface area contributed by atoms with Gasteiger partial charge >= 0.3 is 6.03 Å². The van der Waals surface area contributed by atoms with Crippen LogP contribution in [0, 0.1) is 10.1 Å². The highest BCUT2D eigenvalue weighted by atomic mass is 16.6. The van der Waals surface area contributed by atoms with Gasteiger partial charge in [-0.05, 0) is 12.1 Å². The highest BCUT2D eigenvalue weighted by Crippen LogP contribution is 2.28. The molecule has 2 heterocycles. The summed E-state index contributed by atoms with van der Waals surface area (Å²) >= 11 is 0. The van der Waals surface area contributed by atoms with Crippen LogP contribution in [0.25, 0.3) is 17.0 Å². The second-order valence-electron chi connectivity index (χ2n) is 7.18. The van der Waals surface area contributed by atoms with Gasteiger partial charge in [0.05, 0.1) is 11.5 Å². The van der Waals surface area contributed by atoms with Gasteiger partial charge in [-0.25, -0.2) is 4.79 Å². The summed E-state index contributed by atoms with van der Waals surface area (Å²) in [6, 6.07) is 13.2. The van der Waals surface area contributed by atoms with E-state index >= 15 is 0 Å². The number of para-hydroxylation sites is 2. The van der Waals surface area contributed by atoms with E-state index < -0.39 is 22.8 Å². The topological polar surface area (TPSA) is 106 Å². The third-order valence-electron chi connectivity index (χ3n) is 5.29. The van der Waals surface area contributed by atoms with Crippen molar-refractivity contribution in [2.75, 3.05) is 14.1 Å². The average molecular weight is 418 g/mol. The first kappa shape index (κ1) is 20.0. The first-order valence-electron chi connectivity index (χ1n) is 9.41. The number of aromatic nitrogens is 1. The summed E-state index contributed by atoms with van der Waals surface area (Å²) in [6.07, 6.45) is 3.20. The van der Waals surface area contributed by atoms with Gasteiger partial charge in [-0.1, -0.05) is 36.4 Å². The van der Waals surface area contributed by atoms with Crippen molar-refractivity contribution in [3.05, 3.63) is 81.5 Å². The van der Waals surface area contributed by atoms with Crippen molar-refractivity contribution < 1.29 is 19.3 Å². The van der Waals surface area contributed by atoms with Crippen LogP contribution < -0.4 is 0 Å². The smallest absolute Gasteiger partial charge is 0.333 e. The molecule has 0 aliphatic carbocycles. The Morgan fingerprint density at radius 1 is 0.935 bits per heavy atom. The maximum absolute atomic E-state index is 12.6. The summed E-state index contributed by atoms with van der Waals surface area (Å²) in [5.74, 6) is -1.35. The van der Waals surface area contributed by atoms with Gasteiger partial charge in [-0.15, -0.1) is 0 Å². The van der Waals surface area contributed by atoms with Crippen molar-refractivity contribution in [2.24, 2.45) is 0 Å². The number of fused-ring (bicyclic) bond motifs is 1. The number of carbonyl (C=O) groups excluding carboxylic acids is 3. The van der Waals surface area contributed by atoms with Gasteiger partial charge in [0.25, 0.3) is 17.5 Å². The van der Waals surface area contributed by atoms with Gasteiger partial charge < -0.3 is 4.57 Å². The Hall–Kier alpha value is -4.27. The third kappa shape index (κ3) is 3.35. The molecule has 2 aromatic carbocycles. The predicted molar refractivity (Wildman–Crippen MR) is 113 cm³/mol. The van der Waals surface area contributed by atoms with E-state index in [2.05, 4.69) is 0 Å². The van der Waals surface area contributed by atoms with Gasteiger partial charge in [0, 0.05) is 48.4 Å². The number of benzene rings is 2. The van der Waals surface area contributed by atoms with Crippen LogP contribution in [0.1, 0.15) is 11.1 Å². The predicted octanol–water partition coefficient (Wildman–Crippen LogP) is 3.03. The lowest BCUT2D eigenvalue weighted by Crippen LogP contribution is -2.52. The Bertz CT molecular complexity index is 1260. The summed E-state index contributed by atoms with van der Waals surface area (Å²) in [5.41, 5.74) is 1.81. The molecule has 0 N–H and O–H groups in total. The van der Waals surface area contributed by atoms with E-state index in [1.54, 1.807) is 24.4 Å². The van der Waals surface area contributed by atoms with Crippen LogP contribution in [0.15, 0.2) is 60.3 Å². The minimum Gasteiger partial charge on any atom is -0.342 e. The first-order chi connectivity index (χ1) is 14.8. The number of amides is 4. The maximum atomic E-state index is 12.6. The SMILES string of the molecule is CN1C(=O)C(=Cc2cn(Cc3ccccc3[N+](=O)[O-])c3ccccc23)C(=O)N(C)C1=O. The number of nitro groups is 1. The Morgan fingerprint density at radius 2 is 1.55 bits per heavy atom. The Labute approximate surface area is 176 Å². The largest absolute Gasteiger partial charge is 0.342 e. The van der Waals surface area contributed by atoms with Crippen LogP contribution in [0.4, 0.5) is 10.5 Å². The van der Waals surface area contributed by atoms with Crippen LogP contribution in [-0.2, 0) is 16.1 Å². The molecule has 156 valence electrons. The fourth-order valence-corrected chi connectivity index (χ4v) is 3.66. The van der Waals surface area contributed by atoms with Crippen LogP contribution in [0.2, 0.25) is 0 Å². The fourth-order valence-electron chi connectivity index (χ4n) is 3.66. The number of barbiturate groups is 1. The van der Waals surface area contributed by atoms with Gasteiger partial charge in [-0.2, -0.15) is 0 Å². The van der Waals surface area contributed by atoms with Gasteiger partial charge in [0.15, 0.2) is 0 Å². The highest BCUT2D eigenvalue weighted by molar-refractivity contribution is 6.31. The molecule has 1 fully saturated rings. The Balaban J connectivity index is 1.82. The van der Waals surface area contributed by atoms with E-state index in [0.717, 1.165) is 20.7 Å². The van der Waals surface area contributed by atoms with Crippen LogP contribution in [0.5, 0.6) is 0 Å². The third-order valence-corrected chi connectivity index (χ3v) is 5.29. The molecule has 1 aliphatic heterocycles. The monoisotopic (exact) mass is 418 g/mol. The van der Waals surface area contributed by atoms with Gasteiger partial charge in [-0.3, -0.25) is 29.5 Å². The molecule has 0 saturated carbocycles. The minimum atomic E-state index is -0.689. The molecule has 0 atom stereocenters. The van der Waals surface area contributed by atoms with E-state index in [9.17, 15) is 24.5 Å². The summed E-state index contributed by atoms with van der Waals surface area (Å²) in [4.78, 5) is 49.8. The molecule has 1 saturated heterocycles. The number of nitrogens with zero attached hydrogens (tertiary/aromatic N) is 4. The number of urea groups is 1. The molecular weight excluding hydrogens is 400 g/mol. The zero-order chi connectivity index (χ0) is 22.3. The van der Waals surface area contributed by atoms with Crippen molar-refractivity contribution in [1.82, 2.24) is 14.4 Å². The molecule has 0 unspecified atom stereocenters. The zero-order valence-electron chi connectivity index (χ0n) is 16.8. The molecule has 9 nitrogen and oxygen atoms in total. The van der Waals surface area contributed by atoms with Crippen LogP contribution in [0.3, 0.4) is 0 Å². The molecule has 0 radical (unpaired) electrons. The Kier molecular flexibility index (Phi) is 4.86. The van der Waals surface area contributed by atoms with Crippen molar-refractivity contribution in [3.63, 3.8) is 0 Å². The molecule has 0 spiro atoms. The lowest BCUT2D eigenvalue weighted by Gasteiger charge is -2.28. The second kappa shape index (κ2) is 7.52. The van der Waals surface area contributed by atoms with E-state index in [1.807, 2.05) is 28.8 Å². The number of carbonyl (C=O) groups is 3. The standard InChI is InChI=1S/C22H18N4O5/c1-23-20(27)17(21(28)24(2)22(23)29)11-15-13-25(19-10-6-4-8-16(15)19)12-14-7-3-5-9-18(14)26(30)31/h3-11,13H,12H2,1-2H3. The molecule has 1 aliphatic rings. The number of nitro benzene ring substituents is 1. The number of hydrogen-bond acceptors (Lipinski definition) is 5. The summed E-state index contributed by atoms with van der Waals surface area (Å²) in [7, 11) is 2.64. The first-order valence-corrected chi connectivity index (χ1v) is 9.41. The molecule has 31 heavy (non-hydrogen) atoms. The molecule has 9 heteroatoms. The second-order valence-corrected chi connectivity index (χ2v) is 7.18. The lowest BCUT2D eigenvalue weighted by molar-refractivity contribution is -0.385. The van der Waals surface area contributed by atoms with Gasteiger partial charge in [0.2, 0.25) is 0 Å². The number of hydrogen-bond donors (Lipinski definition) is 0. The van der Waals surface area contributed by atoms with Crippen molar-refractivity contribution in [3.8, 4) is 0 Å². The molecular formula is C22H18N4O5. The van der Waals surface area contributed by atoms with Crippen LogP contribution >= 0.6 is 0 Å². The summed E-state index contributed by atoms with van der Waals surface area (Å²) in [6.45, 7) is 0.237. The molecule has 1 aromatic heterocycles. The lowest BCUT2D eigenvalue weighted by atomic mass is 10.1. The Morgan fingerprint density at radius 3 is 2.23 bits per heavy atom. The van der Waals surface area contributed by atoms with Crippen molar-refractivity contribution in [1.29, 1.82) is 0 Å². The molecule has 4 rings (SSSR count). The van der Waals surface area contributed by atoms with E-state index in [4.69, 9.17) is 0 Å². The molecule has 3 aromatic rings. The highest BCUT2D eigenvalue weighted by Gasteiger charge is 2.38. The molecule has 0 bridgehead atoms. The van der Waals surface area contributed by atoms with Crippen molar-refractivity contribution >= 4 is 40.5 Å². The van der Waals surface area contributed by atoms with Gasteiger partial charge in [0.1, 0.15) is 5.57 Å². The van der Waals surface area contributed by atoms with E-state index in [-0.39, 0.29) is 17.8 Å². The normalized spacial score (nSPS) is 14.5. The fraction of sp³-hybridized carbons (Fsp3) is 0.136. The molecule has 4 amide bonds. The summed E-state index contributed by atoms with van der Waals surface area (Å²) < 4.78 is 1.83. The van der Waals surface area contributed by atoms with Crippen molar-refractivity contribution in [2.45, 2.75) is 6.54 Å². The quantitative estimate of drug-likeness (QED) is 0.280. The number of rotatable bonds is 4. The zero-order valence-corrected chi connectivity index (χ0v) is 16.8.